The minimum absolute atomic E-state index is 0.103. The first-order valence-corrected chi connectivity index (χ1v) is 17.8. The maximum absolute atomic E-state index is 6.14. The summed E-state index contributed by atoms with van der Waals surface area (Å²) in [5.74, 6) is 0. The zero-order valence-corrected chi connectivity index (χ0v) is 28.1. The van der Waals surface area contributed by atoms with E-state index in [0.29, 0.717) is 19.3 Å². The monoisotopic (exact) mass is 615 g/mol. The zero-order chi connectivity index (χ0) is 29.7. The molecular formula is C21H45N3O12Si3. The van der Waals surface area contributed by atoms with Gasteiger partial charge in [0.2, 0.25) is 0 Å². The molecule has 0 bridgehead atoms. The van der Waals surface area contributed by atoms with Crippen LogP contribution in [0.4, 0.5) is 0 Å². The summed E-state index contributed by atoms with van der Waals surface area (Å²) in [6.07, 6.45) is 1.40. The van der Waals surface area contributed by atoms with Crippen molar-refractivity contribution in [3.05, 3.63) is 0 Å². The van der Waals surface area contributed by atoms with Crippen molar-refractivity contribution in [3.8, 4) is 18.0 Å². The SMILES string of the molecule is CCC(Oc1nc(OC(CC)[Si](OC)(OC)OC)nc(OC(CC)[Si](OC)(OC)OC)n1)[Si](OC)(OC)OC. The molecule has 0 fully saturated rings. The summed E-state index contributed by atoms with van der Waals surface area (Å²) in [4.78, 5) is 13.1. The summed E-state index contributed by atoms with van der Waals surface area (Å²) >= 11 is 0. The van der Waals surface area contributed by atoms with E-state index in [4.69, 9.17) is 54.0 Å². The van der Waals surface area contributed by atoms with Crippen LogP contribution in [0.1, 0.15) is 40.0 Å². The molecule has 15 nitrogen and oxygen atoms in total. The van der Waals surface area contributed by atoms with Gasteiger partial charge in [0.25, 0.3) is 0 Å². The Morgan fingerprint density at radius 2 is 0.590 bits per heavy atom. The Labute approximate surface area is 234 Å². The van der Waals surface area contributed by atoms with Crippen molar-refractivity contribution in [1.29, 1.82) is 0 Å². The van der Waals surface area contributed by atoms with Gasteiger partial charge >= 0.3 is 44.4 Å². The van der Waals surface area contributed by atoms with Gasteiger partial charge in [-0.05, 0) is 19.3 Å². The van der Waals surface area contributed by atoms with Crippen LogP contribution in [0.5, 0.6) is 18.0 Å². The van der Waals surface area contributed by atoms with E-state index in [0.717, 1.165) is 0 Å². The van der Waals surface area contributed by atoms with E-state index in [9.17, 15) is 0 Å². The van der Waals surface area contributed by atoms with Crippen LogP contribution in [0.2, 0.25) is 0 Å². The van der Waals surface area contributed by atoms with E-state index in [1.54, 1.807) is 0 Å². The van der Waals surface area contributed by atoms with E-state index in [1.807, 2.05) is 20.8 Å². The van der Waals surface area contributed by atoms with Crippen LogP contribution >= 0.6 is 0 Å². The third-order valence-electron chi connectivity index (χ3n) is 6.17. The molecule has 0 radical (unpaired) electrons. The second-order valence-electron chi connectivity index (χ2n) is 7.88. The Morgan fingerprint density at radius 3 is 0.718 bits per heavy atom. The van der Waals surface area contributed by atoms with Gasteiger partial charge < -0.3 is 54.0 Å². The quantitative estimate of drug-likeness (QED) is 0.184. The summed E-state index contributed by atoms with van der Waals surface area (Å²) in [6, 6.07) is -0.309. The normalized spacial score (nSPS) is 15.1. The molecule has 0 N–H and O–H groups in total. The van der Waals surface area contributed by atoms with Crippen LogP contribution in [0, 0.1) is 0 Å². The van der Waals surface area contributed by atoms with Crippen molar-refractivity contribution in [3.63, 3.8) is 0 Å². The number of nitrogens with zero attached hydrogens (tertiary/aromatic N) is 3. The largest absolute Gasteiger partial charge is 0.543 e. The average Bonchev–Trinajstić information content (AvgIpc) is 2.98. The number of aromatic nitrogens is 3. The average molecular weight is 616 g/mol. The number of hydrogen-bond acceptors (Lipinski definition) is 15. The first-order valence-electron chi connectivity index (χ1n) is 12.4. The van der Waals surface area contributed by atoms with Crippen LogP contribution in [0.3, 0.4) is 0 Å². The van der Waals surface area contributed by atoms with Crippen LogP contribution in [-0.2, 0) is 39.8 Å². The molecular weight excluding hydrogens is 570 g/mol. The predicted molar refractivity (Wildman–Crippen MR) is 144 cm³/mol. The van der Waals surface area contributed by atoms with E-state index in [-0.39, 0.29) is 18.0 Å². The smallest absolute Gasteiger partial charge is 0.455 e. The van der Waals surface area contributed by atoms with Gasteiger partial charge in [-0.1, -0.05) is 20.8 Å². The number of hydrogen-bond donors (Lipinski definition) is 0. The minimum Gasteiger partial charge on any atom is -0.455 e. The molecule has 1 aromatic rings. The lowest BCUT2D eigenvalue weighted by Gasteiger charge is -2.32. The molecule has 3 atom stereocenters. The molecule has 1 aromatic heterocycles. The highest BCUT2D eigenvalue weighted by atomic mass is 28.4. The molecule has 0 spiro atoms. The van der Waals surface area contributed by atoms with Gasteiger partial charge in [0.1, 0.15) is 0 Å². The first kappa shape index (κ1) is 35.7. The van der Waals surface area contributed by atoms with Crippen LogP contribution in [0.25, 0.3) is 0 Å². The van der Waals surface area contributed by atoms with Gasteiger partial charge in [-0.25, -0.2) is 0 Å². The minimum atomic E-state index is -3.25. The summed E-state index contributed by atoms with van der Waals surface area (Å²) in [5, 5.41) is 0. The highest BCUT2D eigenvalue weighted by Gasteiger charge is 2.52. The molecule has 228 valence electrons. The molecule has 0 aromatic carbocycles. The highest BCUT2D eigenvalue weighted by molar-refractivity contribution is 6.62. The molecule has 3 unspecified atom stereocenters. The maximum Gasteiger partial charge on any atom is 0.543 e. The molecule has 1 rings (SSSR count). The lowest BCUT2D eigenvalue weighted by molar-refractivity contribution is 0.0518. The van der Waals surface area contributed by atoms with Crippen molar-refractivity contribution in [2.75, 3.05) is 64.0 Å². The van der Waals surface area contributed by atoms with Gasteiger partial charge in [-0.3, -0.25) is 0 Å². The zero-order valence-electron chi connectivity index (χ0n) is 25.1. The van der Waals surface area contributed by atoms with Gasteiger partial charge in [-0.2, -0.15) is 0 Å². The van der Waals surface area contributed by atoms with Gasteiger partial charge in [-0.15, -0.1) is 15.0 Å². The van der Waals surface area contributed by atoms with Crippen LogP contribution in [-0.4, -0.2) is 123 Å². The molecule has 39 heavy (non-hydrogen) atoms. The van der Waals surface area contributed by atoms with Crippen LogP contribution in [0.15, 0.2) is 0 Å². The van der Waals surface area contributed by atoms with E-state index < -0.39 is 43.6 Å². The molecule has 0 saturated carbocycles. The van der Waals surface area contributed by atoms with Crippen molar-refractivity contribution >= 4 is 26.4 Å². The van der Waals surface area contributed by atoms with Crippen LogP contribution < -0.4 is 14.2 Å². The van der Waals surface area contributed by atoms with Crippen molar-refractivity contribution in [2.24, 2.45) is 0 Å². The van der Waals surface area contributed by atoms with Gasteiger partial charge in [0.05, 0.1) is 0 Å². The summed E-state index contributed by atoms with van der Waals surface area (Å²) < 4.78 is 68.9. The maximum atomic E-state index is 6.14. The van der Waals surface area contributed by atoms with Crippen molar-refractivity contribution < 1.29 is 54.0 Å². The fourth-order valence-electron chi connectivity index (χ4n) is 4.01. The molecule has 0 saturated heterocycles. The van der Waals surface area contributed by atoms with E-state index >= 15 is 0 Å². The Morgan fingerprint density at radius 1 is 0.410 bits per heavy atom. The first-order chi connectivity index (χ1) is 18.7. The summed E-state index contributed by atoms with van der Waals surface area (Å²) in [6.45, 7) is 5.68. The molecule has 0 aliphatic heterocycles. The third kappa shape index (κ3) is 8.14. The highest BCUT2D eigenvalue weighted by Crippen LogP contribution is 2.27. The summed E-state index contributed by atoms with van der Waals surface area (Å²) in [7, 11) is 3.71. The lowest BCUT2D eigenvalue weighted by atomic mass is 10.5. The van der Waals surface area contributed by atoms with Gasteiger partial charge in [0.15, 0.2) is 17.2 Å². The van der Waals surface area contributed by atoms with Crippen molar-refractivity contribution in [1.82, 2.24) is 15.0 Å². The standard InChI is InChI=1S/C21H45N3O12Si3/c1-13-16(37(25-4,26-5)27-6)34-19-22-20(35-17(14-2)38(28-7,29-8)30-9)24-21(23-19)36-18(15-3)39(31-10,32-11)33-12/h16-18H,13-15H2,1-12H3. The molecule has 1 heterocycles. The summed E-state index contributed by atoms with van der Waals surface area (Å²) in [5.41, 5.74) is -1.96. The Bertz CT molecular complexity index is 693. The van der Waals surface area contributed by atoms with Gasteiger partial charge in [0, 0.05) is 64.0 Å². The Hall–Kier alpha value is -1.30. The third-order valence-corrected chi connectivity index (χ3v) is 15.2. The van der Waals surface area contributed by atoms with E-state index in [2.05, 4.69) is 15.0 Å². The van der Waals surface area contributed by atoms with Crippen molar-refractivity contribution in [2.45, 2.75) is 57.2 Å². The predicted octanol–water partition coefficient (Wildman–Crippen LogP) is 1.60. The topological polar surface area (TPSA) is 149 Å². The second-order valence-corrected chi connectivity index (χ2v) is 17.1. The Kier molecular flexibility index (Phi) is 15.4. The molecule has 18 heteroatoms. The number of rotatable bonds is 21. The fourth-order valence-corrected chi connectivity index (χ4v) is 10.1. The fraction of sp³-hybridized carbons (Fsp3) is 0.857. The Balaban J connectivity index is 3.63. The second kappa shape index (κ2) is 16.8. The molecule has 0 amide bonds. The molecule has 0 aliphatic rings. The number of ether oxygens (including phenoxy) is 3. The lowest BCUT2D eigenvalue weighted by Crippen LogP contribution is -2.57. The molecule has 0 aliphatic carbocycles. The van der Waals surface area contributed by atoms with E-state index in [1.165, 1.54) is 64.0 Å².